The van der Waals surface area contributed by atoms with Crippen molar-refractivity contribution in [3.05, 3.63) is 17.7 Å². The average molecular weight is 239 g/mol. The van der Waals surface area contributed by atoms with Gasteiger partial charge in [-0.2, -0.15) is 0 Å². The van der Waals surface area contributed by atoms with E-state index >= 15 is 0 Å². The molecule has 0 bridgehead atoms. The van der Waals surface area contributed by atoms with Gasteiger partial charge < -0.3 is 14.6 Å². The number of hydrogen-bond donors (Lipinski definition) is 1. The predicted molar refractivity (Wildman–Crippen MR) is 70.0 cm³/mol. The number of nitrogens with one attached hydrogen (secondary N) is 1. The largest absolute Gasteiger partial charge is 0.380 e. The molecule has 1 unspecified atom stereocenters. The second-order valence-electron chi connectivity index (χ2n) is 4.98. The van der Waals surface area contributed by atoms with Crippen LogP contribution in [0.5, 0.6) is 0 Å². The number of ether oxygens (including phenoxy) is 1. The molecule has 0 aliphatic heterocycles. The van der Waals surface area contributed by atoms with Crippen LogP contribution in [0.2, 0.25) is 0 Å². The number of rotatable bonds is 7. The first-order valence-electron chi connectivity index (χ1n) is 6.29. The van der Waals surface area contributed by atoms with Gasteiger partial charge in [-0.15, -0.1) is 0 Å². The Morgan fingerprint density at radius 1 is 1.41 bits per heavy atom. The number of methoxy groups -OCH3 is 1. The fourth-order valence-electron chi connectivity index (χ4n) is 1.73. The molecular weight excluding hydrogens is 214 g/mol. The quantitative estimate of drug-likeness (QED) is 0.790. The molecule has 0 aromatic carbocycles. The Bertz CT molecular complexity index is 333. The SMILES string of the molecule is COC(C)Cn1c(CNCC(C)C)cnc1C. The predicted octanol–water partition coefficient (Wildman–Crippen LogP) is 1.97. The Morgan fingerprint density at radius 3 is 2.71 bits per heavy atom. The summed E-state index contributed by atoms with van der Waals surface area (Å²) in [5.74, 6) is 1.72. The van der Waals surface area contributed by atoms with Gasteiger partial charge in [-0.3, -0.25) is 0 Å². The molecule has 0 amide bonds. The summed E-state index contributed by atoms with van der Waals surface area (Å²) in [6.45, 7) is 11.3. The van der Waals surface area contributed by atoms with E-state index in [1.54, 1.807) is 7.11 Å². The van der Waals surface area contributed by atoms with Crippen LogP contribution in [0.4, 0.5) is 0 Å². The fraction of sp³-hybridized carbons (Fsp3) is 0.769. The molecule has 0 fully saturated rings. The molecule has 4 heteroatoms. The summed E-state index contributed by atoms with van der Waals surface area (Å²) in [5.41, 5.74) is 1.23. The summed E-state index contributed by atoms with van der Waals surface area (Å²) in [5, 5.41) is 3.44. The molecule has 0 radical (unpaired) electrons. The Kier molecular flexibility index (Phi) is 5.65. The van der Waals surface area contributed by atoms with E-state index in [0.717, 1.165) is 25.5 Å². The van der Waals surface area contributed by atoms with Crippen LogP contribution in [-0.2, 0) is 17.8 Å². The van der Waals surface area contributed by atoms with Crippen molar-refractivity contribution < 1.29 is 4.74 Å². The highest BCUT2D eigenvalue weighted by atomic mass is 16.5. The maximum absolute atomic E-state index is 5.31. The number of nitrogens with zero attached hydrogens (tertiary/aromatic N) is 2. The highest BCUT2D eigenvalue weighted by molar-refractivity contribution is 5.04. The van der Waals surface area contributed by atoms with Crippen LogP contribution in [0, 0.1) is 12.8 Å². The molecule has 0 spiro atoms. The maximum Gasteiger partial charge on any atom is 0.105 e. The van der Waals surface area contributed by atoms with Gasteiger partial charge >= 0.3 is 0 Å². The number of aryl methyl sites for hydroxylation is 1. The molecule has 1 N–H and O–H groups in total. The number of aromatic nitrogens is 2. The standard InChI is InChI=1S/C13H25N3O/c1-10(2)6-14-7-13-8-15-12(4)16(13)9-11(3)17-5/h8,10-11,14H,6-7,9H2,1-5H3. The lowest BCUT2D eigenvalue weighted by atomic mass is 10.2. The van der Waals surface area contributed by atoms with Gasteiger partial charge in [0.1, 0.15) is 5.82 Å². The summed E-state index contributed by atoms with van der Waals surface area (Å²) in [6.07, 6.45) is 2.16. The third kappa shape index (κ3) is 4.48. The molecule has 1 atom stereocenters. The van der Waals surface area contributed by atoms with E-state index in [1.165, 1.54) is 5.69 Å². The van der Waals surface area contributed by atoms with E-state index in [9.17, 15) is 0 Å². The zero-order chi connectivity index (χ0) is 12.8. The van der Waals surface area contributed by atoms with E-state index in [2.05, 4.69) is 35.6 Å². The molecule has 1 aromatic heterocycles. The zero-order valence-corrected chi connectivity index (χ0v) is 11.7. The minimum atomic E-state index is 0.215. The lowest BCUT2D eigenvalue weighted by Gasteiger charge is -2.15. The highest BCUT2D eigenvalue weighted by Crippen LogP contribution is 2.07. The summed E-state index contributed by atoms with van der Waals surface area (Å²) in [6, 6.07) is 0. The monoisotopic (exact) mass is 239 g/mol. The first-order chi connectivity index (χ1) is 8.04. The van der Waals surface area contributed by atoms with E-state index in [4.69, 9.17) is 4.74 Å². The van der Waals surface area contributed by atoms with E-state index in [-0.39, 0.29) is 6.10 Å². The van der Waals surface area contributed by atoms with Gasteiger partial charge in [-0.05, 0) is 26.3 Å². The second-order valence-corrected chi connectivity index (χ2v) is 4.98. The summed E-state index contributed by atoms with van der Waals surface area (Å²) in [7, 11) is 1.74. The minimum absolute atomic E-state index is 0.215. The second kappa shape index (κ2) is 6.77. The van der Waals surface area contributed by atoms with Gasteiger partial charge in [0.25, 0.3) is 0 Å². The summed E-state index contributed by atoms with van der Waals surface area (Å²) in [4.78, 5) is 4.37. The van der Waals surface area contributed by atoms with Gasteiger partial charge in [0.05, 0.1) is 18.3 Å². The Balaban J connectivity index is 2.59. The fourth-order valence-corrected chi connectivity index (χ4v) is 1.73. The summed E-state index contributed by atoms with van der Waals surface area (Å²) >= 11 is 0. The van der Waals surface area contributed by atoms with Crippen LogP contribution < -0.4 is 5.32 Å². The molecule has 0 aliphatic carbocycles. The Morgan fingerprint density at radius 2 is 2.12 bits per heavy atom. The molecule has 1 heterocycles. The van der Waals surface area contributed by atoms with Crippen molar-refractivity contribution in [2.75, 3.05) is 13.7 Å². The molecular formula is C13H25N3O. The van der Waals surface area contributed by atoms with Crippen LogP contribution >= 0.6 is 0 Å². The van der Waals surface area contributed by atoms with Crippen LogP contribution in [0.15, 0.2) is 6.20 Å². The molecule has 1 aromatic rings. The summed E-state index contributed by atoms with van der Waals surface area (Å²) < 4.78 is 7.53. The first kappa shape index (κ1) is 14.2. The van der Waals surface area contributed by atoms with Gasteiger partial charge in [-0.25, -0.2) is 4.98 Å². The molecule has 0 aliphatic rings. The topological polar surface area (TPSA) is 39.1 Å². The van der Waals surface area contributed by atoms with Crippen molar-refractivity contribution in [3.8, 4) is 0 Å². The third-order valence-corrected chi connectivity index (χ3v) is 2.84. The van der Waals surface area contributed by atoms with Crippen LogP contribution in [-0.4, -0.2) is 29.3 Å². The number of imidazole rings is 1. The molecule has 0 saturated carbocycles. The minimum Gasteiger partial charge on any atom is -0.380 e. The Labute approximate surface area is 104 Å². The van der Waals surface area contributed by atoms with E-state index in [0.29, 0.717) is 5.92 Å². The Hall–Kier alpha value is -0.870. The number of hydrogen-bond acceptors (Lipinski definition) is 3. The van der Waals surface area contributed by atoms with Crippen LogP contribution in [0.3, 0.4) is 0 Å². The van der Waals surface area contributed by atoms with Gasteiger partial charge in [0.2, 0.25) is 0 Å². The molecule has 17 heavy (non-hydrogen) atoms. The van der Waals surface area contributed by atoms with Gasteiger partial charge in [-0.1, -0.05) is 13.8 Å². The molecule has 98 valence electrons. The zero-order valence-electron chi connectivity index (χ0n) is 11.7. The van der Waals surface area contributed by atoms with Crippen LogP contribution in [0.25, 0.3) is 0 Å². The smallest absolute Gasteiger partial charge is 0.105 e. The van der Waals surface area contributed by atoms with Crippen molar-refractivity contribution in [2.45, 2.75) is 46.9 Å². The van der Waals surface area contributed by atoms with Crippen molar-refractivity contribution in [2.24, 2.45) is 5.92 Å². The lowest BCUT2D eigenvalue weighted by Crippen LogP contribution is -2.23. The molecule has 0 saturated heterocycles. The van der Waals surface area contributed by atoms with Crippen molar-refractivity contribution in [1.29, 1.82) is 0 Å². The molecule has 1 rings (SSSR count). The van der Waals surface area contributed by atoms with E-state index < -0.39 is 0 Å². The van der Waals surface area contributed by atoms with Crippen molar-refractivity contribution in [1.82, 2.24) is 14.9 Å². The normalized spacial score (nSPS) is 13.3. The van der Waals surface area contributed by atoms with Crippen molar-refractivity contribution >= 4 is 0 Å². The maximum atomic E-state index is 5.31. The lowest BCUT2D eigenvalue weighted by molar-refractivity contribution is 0.102. The van der Waals surface area contributed by atoms with E-state index in [1.807, 2.05) is 13.1 Å². The van der Waals surface area contributed by atoms with Gasteiger partial charge in [0.15, 0.2) is 0 Å². The van der Waals surface area contributed by atoms with Crippen molar-refractivity contribution in [3.63, 3.8) is 0 Å². The first-order valence-corrected chi connectivity index (χ1v) is 6.29. The van der Waals surface area contributed by atoms with Gasteiger partial charge in [0, 0.05) is 19.9 Å². The average Bonchev–Trinajstić information content (AvgIpc) is 2.61. The highest BCUT2D eigenvalue weighted by Gasteiger charge is 2.09. The third-order valence-electron chi connectivity index (χ3n) is 2.84. The molecule has 4 nitrogen and oxygen atoms in total. The van der Waals surface area contributed by atoms with Crippen LogP contribution in [0.1, 0.15) is 32.3 Å².